The highest BCUT2D eigenvalue weighted by Gasteiger charge is 2.20. The number of hydrogen-bond acceptors (Lipinski definition) is 3. The fraction of sp³-hybridized carbons (Fsp3) is 0.154. The summed E-state index contributed by atoms with van der Waals surface area (Å²) in [6.45, 7) is 0. The number of rotatable bonds is 5. The van der Waals surface area contributed by atoms with Crippen LogP contribution in [0.5, 0.6) is 0 Å². The molecule has 7 heteroatoms. The molecule has 1 heterocycles. The van der Waals surface area contributed by atoms with Crippen molar-refractivity contribution in [2.24, 2.45) is 0 Å². The molecular formula is C13H14N4O3. The third-order valence-electron chi connectivity index (χ3n) is 2.64. The number of aliphatic carboxylic acids is 1. The summed E-state index contributed by atoms with van der Waals surface area (Å²) in [7, 11) is 0. The number of aromatic amines is 1. The monoisotopic (exact) mass is 274 g/mol. The van der Waals surface area contributed by atoms with Gasteiger partial charge in [0.1, 0.15) is 6.04 Å². The molecule has 1 aromatic heterocycles. The van der Waals surface area contributed by atoms with Crippen LogP contribution in [-0.2, 0) is 11.2 Å². The van der Waals surface area contributed by atoms with Crippen LogP contribution in [0, 0.1) is 0 Å². The van der Waals surface area contributed by atoms with Gasteiger partial charge in [0.15, 0.2) is 0 Å². The number of benzene rings is 1. The first-order chi connectivity index (χ1) is 9.65. The third kappa shape index (κ3) is 3.84. The molecule has 2 rings (SSSR count). The summed E-state index contributed by atoms with van der Waals surface area (Å²) in [5.41, 5.74) is 1.30. The van der Waals surface area contributed by atoms with Crippen LogP contribution in [0.2, 0.25) is 0 Å². The predicted octanol–water partition coefficient (Wildman–Crippen LogP) is 1.23. The molecule has 2 aromatic rings. The number of carbonyl (C=O) groups excluding carboxylic acids is 1. The van der Waals surface area contributed by atoms with Crippen molar-refractivity contribution in [3.8, 4) is 0 Å². The van der Waals surface area contributed by atoms with Gasteiger partial charge in [-0.05, 0) is 5.56 Å². The topological polar surface area (TPSA) is 107 Å². The molecule has 1 atom stereocenters. The van der Waals surface area contributed by atoms with Gasteiger partial charge in [-0.25, -0.2) is 9.59 Å². The molecule has 7 nitrogen and oxygen atoms in total. The van der Waals surface area contributed by atoms with Crippen LogP contribution < -0.4 is 10.6 Å². The van der Waals surface area contributed by atoms with Crippen molar-refractivity contribution in [2.75, 3.05) is 5.32 Å². The van der Waals surface area contributed by atoms with Gasteiger partial charge < -0.3 is 15.7 Å². The average Bonchev–Trinajstić information content (AvgIpc) is 2.92. The average molecular weight is 274 g/mol. The molecule has 0 aliphatic heterocycles. The van der Waals surface area contributed by atoms with E-state index in [4.69, 9.17) is 5.11 Å². The minimum Gasteiger partial charge on any atom is -0.480 e. The molecule has 0 bridgehead atoms. The van der Waals surface area contributed by atoms with Crippen LogP contribution in [0.3, 0.4) is 0 Å². The molecule has 0 saturated heterocycles. The molecule has 1 unspecified atom stereocenters. The highest BCUT2D eigenvalue weighted by atomic mass is 16.4. The van der Waals surface area contributed by atoms with E-state index in [1.807, 2.05) is 30.3 Å². The standard InChI is InChI=1S/C13H14N4O3/c18-12(19)11(6-9-4-2-1-3-5-9)17-13(20)16-10-7-14-15-8-10/h1-5,7-8,11H,6H2,(H,14,15)(H,18,19)(H2,16,17,20). The number of H-pyrrole nitrogens is 1. The van der Waals surface area contributed by atoms with Crippen molar-refractivity contribution in [3.63, 3.8) is 0 Å². The van der Waals surface area contributed by atoms with E-state index in [2.05, 4.69) is 20.8 Å². The number of hydrogen-bond donors (Lipinski definition) is 4. The summed E-state index contributed by atoms with van der Waals surface area (Å²) in [5, 5.41) is 20.3. The smallest absolute Gasteiger partial charge is 0.326 e. The molecular weight excluding hydrogens is 260 g/mol. The first-order valence-electron chi connectivity index (χ1n) is 5.98. The SMILES string of the molecule is O=C(Nc1cn[nH]c1)NC(Cc1ccccc1)C(=O)O. The Balaban J connectivity index is 1.95. The lowest BCUT2D eigenvalue weighted by atomic mass is 10.1. The second-order valence-corrected chi connectivity index (χ2v) is 4.17. The van der Waals surface area contributed by atoms with E-state index in [1.54, 1.807) is 0 Å². The Morgan fingerprint density at radius 3 is 2.65 bits per heavy atom. The summed E-state index contributed by atoms with van der Waals surface area (Å²) in [6, 6.07) is 7.52. The normalized spacial score (nSPS) is 11.6. The van der Waals surface area contributed by atoms with Gasteiger partial charge in [-0.1, -0.05) is 30.3 Å². The highest BCUT2D eigenvalue weighted by molar-refractivity contribution is 5.92. The lowest BCUT2D eigenvalue weighted by Gasteiger charge is -2.14. The summed E-state index contributed by atoms with van der Waals surface area (Å²) in [5.74, 6) is -1.09. The molecule has 104 valence electrons. The number of carbonyl (C=O) groups is 2. The van der Waals surface area contributed by atoms with E-state index < -0.39 is 18.0 Å². The molecule has 2 amide bonds. The van der Waals surface area contributed by atoms with Crippen LogP contribution in [0.15, 0.2) is 42.7 Å². The first kappa shape index (κ1) is 13.6. The van der Waals surface area contributed by atoms with Gasteiger partial charge in [0, 0.05) is 12.6 Å². The van der Waals surface area contributed by atoms with Crippen LogP contribution >= 0.6 is 0 Å². The molecule has 4 N–H and O–H groups in total. The highest BCUT2D eigenvalue weighted by Crippen LogP contribution is 2.05. The number of carboxylic acids is 1. The number of anilines is 1. The Labute approximate surface area is 115 Å². The molecule has 0 spiro atoms. The van der Waals surface area contributed by atoms with Gasteiger partial charge in [-0.3, -0.25) is 5.10 Å². The van der Waals surface area contributed by atoms with Crippen molar-refractivity contribution in [3.05, 3.63) is 48.3 Å². The zero-order chi connectivity index (χ0) is 14.4. The van der Waals surface area contributed by atoms with E-state index in [0.29, 0.717) is 5.69 Å². The largest absolute Gasteiger partial charge is 0.480 e. The lowest BCUT2D eigenvalue weighted by Crippen LogP contribution is -2.44. The second-order valence-electron chi connectivity index (χ2n) is 4.17. The maximum atomic E-state index is 11.7. The van der Waals surface area contributed by atoms with Gasteiger partial charge in [0.25, 0.3) is 0 Å². The van der Waals surface area contributed by atoms with Crippen LogP contribution in [-0.4, -0.2) is 33.3 Å². The minimum atomic E-state index is -1.09. The second kappa shape index (κ2) is 6.37. The van der Waals surface area contributed by atoms with Crippen LogP contribution in [0.25, 0.3) is 0 Å². The quantitative estimate of drug-likeness (QED) is 0.657. The zero-order valence-corrected chi connectivity index (χ0v) is 10.5. The third-order valence-corrected chi connectivity index (χ3v) is 2.64. The van der Waals surface area contributed by atoms with E-state index in [0.717, 1.165) is 5.56 Å². The molecule has 1 aromatic carbocycles. The molecule has 0 aliphatic carbocycles. The Morgan fingerprint density at radius 2 is 2.05 bits per heavy atom. The lowest BCUT2D eigenvalue weighted by molar-refractivity contribution is -0.139. The molecule has 0 saturated carbocycles. The number of carboxylic acid groups (broad SMARTS) is 1. The Kier molecular flexibility index (Phi) is 4.33. The van der Waals surface area contributed by atoms with Crippen molar-refractivity contribution in [2.45, 2.75) is 12.5 Å². The maximum absolute atomic E-state index is 11.7. The summed E-state index contributed by atoms with van der Waals surface area (Å²) >= 11 is 0. The number of amides is 2. The van der Waals surface area contributed by atoms with E-state index >= 15 is 0 Å². The predicted molar refractivity (Wildman–Crippen MR) is 72.3 cm³/mol. The fourth-order valence-electron chi connectivity index (χ4n) is 1.69. The molecule has 0 aliphatic rings. The Bertz CT molecular complexity index is 569. The molecule has 0 fully saturated rings. The van der Waals surface area contributed by atoms with E-state index in [-0.39, 0.29) is 6.42 Å². The Hall–Kier alpha value is -2.83. The fourth-order valence-corrected chi connectivity index (χ4v) is 1.69. The summed E-state index contributed by atoms with van der Waals surface area (Å²) < 4.78 is 0. The number of urea groups is 1. The number of nitrogens with one attached hydrogen (secondary N) is 3. The van der Waals surface area contributed by atoms with E-state index in [1.165, 1.54) is 12.4 Å². The van der Waals surface area contributed by atoms with Crippen LogP contribution in [0.4, 0.5) is 10.5 Å². The summed E-state index contributed by atoms with van der Waals surface area (Å²) in [4.78, 5) is 22.9. The Morgan fingerprint density at radius 1 is 1.30 bits per heavy atom. The van der Waals surface area contributed by atoms with Crippen molar-refractivity contribution in [1.29, 1.82) is 0 Å². The van der Waals surface area contributed by atoms with Crippen molar-refractivity contribution < 1.29 is 14.7 Å². The number of nitrogens with zero attached hydrogens (tertiary/aromatic N) is 1. The summed E-state index contributed by atoms with van der Waals surface area (Å²) in [6.07, 6.45) is 3.13. The van der Waals surface area contributed by atoms with Gasteiger partial charge in [-0.2, -0.15) is 5.10 Å². The molecule has 0 radical (unpaired) electrons. The van der Waals surface area contributed by atoms with Gasteiger partial charge in [0.05, 0.1) is 11.9 Å². The molecule has 20 heavy (non-hydrogen) atoms. The van der Waals surface area contributed by atoms with Crippen LogP contribution in [0.1, 0.15) is 5.56 Å². The van der Waals surface area contributed by atoms with Gasteiger partial charge >= 0.3 is 12.0 Å². The zero-order valence-electron chi connectivity index (χ0n) is 10.5. The first-order valence-corrected chi connectivity index (χ1v) is 5.98. The van der Waals surface area contributed by atoms with Gasteiger partial charge in [0.2, 0.25) is 0 Å². The van der Waals surface area contributed by atoms with Crippen molar-refractivity contribution >= 4 is 17.7 Å². The minimum absolute atomic E-state index is 0.217. The maximum Gasteiger partial charge on any atom is 0.326 e. The van der Waals surface area contributed by atoms with Crippen molar-refractivity contribution in [1.82, 2.24) is 15.5 Å². The van der Waals surface area contributed by atoms with E-state index in [9.17, 15) is 9.59 Å². The number of aromatic nitrogens is 2. The van der Waals surface area contributed by atoms with Gasteiger partial charge in [-0.15, -0.1) is 0 Å².